The number of piperazine rings is 1. The smallest absolute Gasteiger partial charge is 0.289 e. The van der Waals surface area contributed by atoms with Crippen molar-refractivity contribution in [1.82, 2.24) is 18.3 Å². The molecule has 2 aromatic carbocycles. The molecule has 31 heavy (non-hydrogen) atoms. The number of halogens is 1. The van der Waals surface area contributed by atoms with Crippen LogP contribution in [-0.4, -0.2) is 57.9 Å². The topological polar surface area (TPSA) is 93.6 Å². The van der Waals surface area contributed by atoms with Gasteiger partial charge in [0.2, 0.25) is 10.0 Å². The van der Waals surface area contributed by atoms with Crippen LogP contribution < -0.4 is 0 Å². The van der Waals surface area contributed by atoms with Crippen molar-refractivity contribution in [2.45, 2.75) is 11.6 Å². The molecule has 0 amide bonds. The van der Waals surface area contributed by atoms with Gasteiger partial charge in [0.05, 0.1) is 22.6 Å². The zero-order valence-electron chi connectivity index (χ0n) is 16.6. The third kappa shape index (κ3) is 3.99. The first-order chi connectivity index (χ1) is 14.7. The van der Waals surface area contributed by atoms with Crippen LogP contribution in [-0.2, 0) is 23.7 Å². The van der Waals surface area contributed by atoms with Crippen molar-refractivity contribution in [1.29, 1.82) is 0 Å². The molecule has 9 nitrogen and oxygen atoms in total. The second-order valence-corrected chi connectivity index (χ2v) is 10.00. The van der Waals surface area contributed by atoms with E-state index in [1.54, 1.807) is 0 Å². The van der Waals surface area contributed by atoms with E-state index in [0.717, 1.165) is 11.0 Å². The van der Waals surface area contributed by atoms with E-state index in [0.29, 0.717) is 29.6 Å². The maximum absolute atomic E-state index is 13.0. The molecule has 164 valence electrons. The summed E-state index contributed by atoms with van der Waals surface area (Å²) in [5, 5.41) is 11.9. The summed E-state index contributed by atoms with van der Waals surface area (Å²) in [7, 11) is -2.07. The van der Waals surface area contributed by atoms with Crippen LogP contribution in [0.3, 0.4) is 0 Å². The number of aromatic nitrogens is 2. The van der Waals surface area contributed by atoms with E-state index in [9.17, 15) is 18.5 Å². The third-order valence-corrected chi connectivity index (χ3v) is 8.14. The molecule has 1 aliphatic heterocycles. The van der Waals surface area contributed by atoms with Crippen LogP contribution >= 0.6 is 23.8 Å². The normalized spacial score (nSPS) is 16.1. The molecule has 1 aromatic heterocycles. The average molecular weight is 482 g/mol. The van der Waals surface area contributed by atoms with Crippen LogP contribution in [0.4, 0.5) is 5.69 Å². The van der Waals surface area contributed by atoms with Gasteiger partial charge in [-0.3, -0.25) is 15.0 Å². The zero-order valence-corrected chi connectivity index (χ0v) is 19.0. The lowest BCUT2D eigenvalue weighted by Gasteiger charge is -2.34. The van der Waals surface area contributed by atoms with Crippen molar-refractivity contribution >= 4 is 50.6 Å². The van der Waals surface area contributed by atoms with Gasteiger partial charge in [0.1, 0.15) is 0 Å². The van der Waals surface area contributed by atoms with Gasteiger partial charge in [0, 0.05) is 44.3 Å². The van der Waals surface area contributed by atoms with Gasteiger partial charge >= 0.3 is 0 Å². The number of nitro groups is 1. The maximum Gasteiger partial charge on any atom is 0.289 e. The Morgan fingerprint density at radius 1 is 1.10 bits per heavy atom. The molecular weight excluding hydrogens is 462 g/mol. The molecule has 0 bridgehead atoms. The van der Waals surface area contributed by atoms with Gasteiger partial charge in [-0.15, -0.1) is 0 Å². The van der Waals surface area contributed by atoms with Crippen LogP contribution in [0.2, 0.25) is 5.02 Å². The van der Waals surface area contributed by atoms with Gasteiger partial charge in [0.15, 0.2) is 9.67 Å². The van der Waals surface area contributed by atoms with Gasteiger partial charge in [-0.2, -0.15) is 4.31 Å². The lowest BCUT2D eigenvalue weighted by Crippen LogP contribution is -2.48. The highest BCUT2D eigenvalue weighted by Crippen LogP contribution is 2.27. The molecule has 0 atom stereocenters. The van der Waals surface area contributed by atoms with E-state index in [4.69, 9.17) is 23.8 Å². The first kappa shape index (κ1) is 21.9. The highest BCUT2D eigenvalue weighted by atomic mass is 35.5. The predicted molar refractivity (Wildman–Crippen MR) is 120 cm³/mol. The Morgan fingerprint density at radius 3 is 2.45 bits per heavy atom. The summed E-state index contributed by atoms with van der Waals surface area (Å²) in [5.41, 5.74) is 1.46. The molecule has 12 heteroatoms. The van der Waals surface area contributed by atoms with Gasteiger partial charge in [0.25, 0.3) is 5.69 Å². The monoisotopic (exact) mass is 481 g/mol. The molecule has 0 unspecified atom stereocenters. The van der Waals surface area contributed by atoms with Crippen molar-refractivity contribution < 1.29 is 13.3 Å². The van der Waals surface area contributed by atoms with E-state index in [-0.39, 0.29) is 18.0 Å². The number of sulfonamides is 1. The van der Waals surface area contributed by atoms with Crippen molar-refractivity contribution in [3.05, 3.63) is 62.4 Å². The predicted octanol–water partition coefficient (Wildman–Crippen LogP) is 3.23. The van der Waals surface area contributed by atoms with Crippen molar-refractivity contribution in [3.63, 3.8) is 0 Å². The minimum atomic E-state index is -3.96. The maximum atomic E-state index is 13.0. The molecule has 0 N–H and O–H groups in total. The number of nitrogens with zero attached hydrogens (tertiary/aromatic N) is 5. The Morgan fingerprint density at radius 2 is 1.77 bits per heavy atom. The number of benzene rings is 2. The molecule has 1 saturated heterocycles. The highest BCUT2D eigenvalue weighted by molar-refractivity contribution is 7.89. The first-order valence-electron chi connectivity index (χ1n) is 9.51. The zero-order chi connectivity index (χ0) is 22.3. The van der Waals surface area contributed by atoms with Gasteiger partial charge in [-0.1, -0.05) is 23.7 Å². The summed E-state index contributed by atoms with van der Waals surface area (Å²) in [6.07, 6.45) is 0. The SMILES string of the molecule is Cn1c(=S)n(CN2CCN(S(=O)(=O)c3ccccc3[N+](=O)[O-])CC2)c2cc(Cl)ccc21. The highest BCUT2D eigenvalue weighted by Gasteiger charge is 2.33. The second kappa shape index (κ2) is 8.32. The molecule has 0 aliphatic carbocycles. The fourth-order valence-electron chi connectivity index (χ4n) is 3.80. The summed E-state index contributed by atoms with van der Waals surface area (Å²) >= 11 is 11.7. The number of fused-ring (bicyclic) bond motifs is 1. The molecule has 3 aromatic rings. The number of rotatable bonds is 5. The quantitative estimate of drug-likeness (QED) is 0.315. The summed E-state index contributed by atoms with van der Waals surface area (Å²) in [4.78, 5) is 12.4. The summed E-state index contributed by atoms with van der Waals surface area (Å²) < 4.78 is 31.9. The lowest BCUT2D eigenvalue weighted by atomic mass is 10.3. The van der Waals surface area contributed by atoms with Gasteiger partial charge < -0.3 is 9.13 Å². The minimum Gasteiger partial charge on any atom is -0.320 e. The fraction of sp³-hybridized carbons (Fsp3) is 0.316. The molecule has 1 fully saturated rings. The number of aryl methyl sites for hydroxylation is 1. The Kier molecular flexibility index (Phi) is 5.88. The largest absolute Gasteiger partial charge is 0.320 e. The Labute approximate surface area is 189 Å². The number of imidazole rings is 1. The molecule has 1 aliphatic rings. The van der Waals surface area contributed by atoms with Crippen LogP contribution in [0.1, 0.15) is 0 Å². The first-order valence-corrected chi connectivity index (χ1v) is 11.7. The average Bonchev–Trinajstić information content (AvgIpc) is 2.98. The Balaban J connectivity index is 1.53. The van der Waals surface area contributed by atoms with Crippen LogP contribution in [0.25, 0.3) is 11.0 Å². The third-order valence-electron chi connectivity index (χ3n) is 5.46. The second-order valence-electron chi connectivity index (χ2n) is 7.29. The standard InChI is InChI=1S/C19H20ClN5O4S2/c1-21-15-7-6-14(20)12-17(15)24(19(21)30)13-22-8-10-23(11-9-22)31(28,29)18-5-3-2-4-16(18)25(26)27/h2-7,12H,8-11,13H2,1H3. The van der Waals surface area contributed by atoms with E-state index in [2.05, 4.69) is 4.90 Å². The molecule has 0 radical (unpaired) electrons. The Bertz CT molecular complexity index is 1330. The number of hydrogen-bond acceptors (Lipinski definition) is 6. The number of para-hydroxylation sites is 1. The number of nitro benzene ring substituents is 1. The van der Waals surface area contributed by atoms with Crippen molar-refractivity contribution in [3.8, 4) is 0 Å². The Hall–Kier alpha value is -2.31. The van der Waals surface area contributed by atoms with E-state index >= 15 is 0 Å². The van der Waals surface area contributed by atoms with Crippen LogP contribution in [0, 0.1) is 14.9 Å². The molecular formula is C19H20ClN5O4S2. The lowest BCUT2D eigenvalue weighted by molar-refractivity contribution is -0.387. The van der Waals surface area contributed by atoms with Gasteiger partial charge in [-0.05, 0) is 36.5 Å². The van der Waals surface area contributed by atoms with Crippen molar-refractivity contribution in [2.24, 2.45) is 7.05 Å². The minimum absolute atomic E-state index is 0.229. The fourth-order valence-corrected chi connectivity index (χ4v) is 5.80. The van der Waals surface area contributed by atoms with Crippen molar-refractivity contribution in [2.75, 3.05) is 26.2 Å². The number of hydrogen-bond donors (Lipinski definition) is 0. The molecule has 4 rings (SSSR count). The van der Waals surface area contributed by atoms with E-state index < -0.39 is 20.6 Å². The molecule has 0 saturated carbocycles. The summed E-state index contributed by atoms with van der Waals surface area (Å²) in [6, 6.07) is 11.0. The van der Waals surface area contributed by atoms with Crippen LogP contribution in [0.15, 0.2) is 47.4 Å². The molecule has 0 spiro atoms. The molecule has 2 heterocycles. The van der Waals surface area contributed by atoms with Crippen LogP contribution in [0.5, 0.6) is 0 Å². The summed E-state index contributed by atoms with van der Waals surface area (Å²) in [5.74, 6) is 0. The van der Waals surface area contributed by atoms with E-state index in [1.807, 2.05) is 34.4 Å². The van der Waals surface area contributed by atoms with E-state index in [1.165, 1.54) is 28.6 Å². The van der Waals surface area contributed by atoms with Gasteiger partial charge in [-0.25, -0.2) is 8.42 Å². The summed E-state index contributed by atoms with van der Waals surface area (Å²) in [6.45, 7) is 1.90.